The molecule has 176 valence electrons. The number of ether oxygens (including phenoxy) is 1. The number of amides is 1. The number of hydrogen-bond acceptors (Lipinski definition) is 6. The average Bonchev–Trinajstić information content (AvgIpc) is 3.15. The predicted octanol–water partition coefficient (Wildman–Crippen LogP) is 3.22. The number of nitrogens with zero attached hydrogens (tertiary/aromatic N) is 4. The third kappa shape index (κ3) is 4.04. The number of pyridine rings is 1. The van der Waals surface area contributed by atoms with E-state index < -0.39 is 11.1 Å². The summed E-state index contributed by atoms with van der Waals surface area (Å²) < 4.78 is 7.55. The van der Waals surface area contributed by atoms with Crippen LogP contribution in [0.2, 0.25) is 0 Å². The molecule has 1 aromatic carbocycles. The molecular formula is C26H30N6O2. The molecule has 1 saturated carbocycles. The minimum atomic E-state index is -0.537. The summed E-state index contributed by atoms with van der Waals surface area (Å²) in [5.41, 5.74) is 8.85. The first-order valence-electron chi connectivity index (χ1n) is 11.7. The molecule has 3 N–H and O–H groups in total. The number of alkyl carbamates (subject to hydrolysis) is 1. The molecular weight excluding hydrogens is 428 g/mol. The Kier molecular flexibility index (Phi) is 5.38. The van der Waals surface area contributed by atoms with Gasteiger partial charge in [-0.25, -0.2) is 14.8 Å². The van der Waals surface area contributed by atoms with Crippen LogP contribution in [0, 0.1) is 0 Å². The first kappa shape index (κ1) is 22.1. The first-order valence-corrected chi connectivity index (χ1v) is 11.7. The molecule has 1 fully saturated rings. The molecule has 0 saturated heterocycles. The lowest BCUT2D eigenvalue weighted by Crippen LogP contribution is -2.52. The molecule has 2 aliphatic rings. The van der Waals surface area contributed by atoms with E-state index in [0.29, 0.717) is 5.82 Å². The van der Waals surface area contributed by atoms with Crippen LogP contribution in [0.25, 0.3) is 23.2 Å². The van der Waals surface area contributed by atoms with Crippen molar-refractivity contribution in [1.29, 1.82) is 0 Å². The number of imidazole rings is 1. The number of rotatable bonds is 4. The first-order chi connectivity index (χ1) is 16.3. The van der Waals surface area contributed by atoms with Crippen molar-refractivity contribution in [1.82, 2.24) is 19.9 Å². The number of nitrogens with one attached hydrogen (secondary N) is 1. The zero-order valence-corrected chi connectivity index (χ0v) is 19.8. The fraction of sp³-hybridized carbons (Fsp3) is 0.385. The van der Waals surface area contributed by atoms with Crippen LogP contribution in [0.4, 0.5) is 10.6 Å². The number of hydrogen-bond donors (Lipinski definition) is 2. The Hall–Kier alpha value is -3.68. The number of fused-ring (bicyclic) bond motifs is 1. The predicted molar refractivity (Wildman–Crippen MR) is 131 cm³/mol. The molecule has 1 amide bonds. The molecule has 8 heteroatoms. The number of nitrogen functional groups attached to an aromatic ring is 1. The van der Waals surface area contributed by atoms with Crippen LogP contribution in [0.5, 0.6) is 0 Å². The summed E-state index contributed by atoms with van der Waals surface area (Å²) in [5, 5.41) is 3.98. The molecule has 1 aliphatic heterocycles. The van der Waals surface area contributed by atoms with Crippen LogP contribution >= 0.6 is 0 Å². The zero-order chi connectivity index (χ0) is 23.9. The fourth-order valence-electron chi connectivity index (χ4n) is 4.57. The smallest absolute Gasteiger partial charge is 0.408 e. The Morgan fingerprint density at radius 3 is 2.59 bits per heavy atom. The molecule has 2 aromatic heterocycles. The minimum absolute atomic E-state index is 0.386. The van der Waals surface area contributed by atoms with Crippen molar-refractivity contribution in [2.45, 2.75) is 57.6 Å². The Labute approximate surface area is 198 Å². The third-order valence-electron chi connectivity index (χ3n) is 6.31. The quantitative estimate of drug-likeness (QED) is 0.624. The summed E-state index contributed by atoms with van der Waals surface area (Å²) in [4.78, 5) is 26.4. The van der Waals surface area contributed by atoms with Gasteiger partial charge >= 0.3 is 6.09 Å². The van der Waals surface area contributed by atoms with E-state index in [1.165, 1.54) is 0 Å². The van der Waals surface area contributed by atoms with Crippen molar-refractivity contribution in [3.63, 3.8) is 0 Å². The Morgan fingerprint density at radius 1 is 1.18 bits per heavy atom. The molecule has 34 heavy (non-hydrogen) atoms. The summed E-state index contributed by atoms with van der Waals surface area (Å²) in [5.74, 6) is 1.15. The van der Waals surface area contributed by atoms with Gasteiger partial charge in [0, 0.05) is 18.4 Å². The largest absolute Gasteiger partial charge is 0.444 e. The van der Waals surface area contributed by atoms with Crippen LogP contribution in [0.1, 0.15) is 52.0 Å². The highest BCUT2D eigenvalue weighted by Gasteiger charge is 2.41. The van der Waals surface area contributed by atoms with Crippen LogP contribution < -0.4 is 21.9 Å². The van der Waals surface area contributed by atoms with E-state index in [-0.39, 0.29) is 6.09 Å². The molecule has 0 unspecified atom stereocenters. The Balaban J connectivity index is 1.53. The topological polar surface area (TPSA) is 107 Å². The van der Waals surface area contributed by atoms with Gasteiger partial charge in [0.05, 0.1) is 11.1 Å². The minimum Gasteiger partial charge on any atom is -0.444 e. The number of carbonyl (C=O) groups excluding carboxylic acids is 1. The number of nitrogens with two attached hydrogens (primary N) is 1. The maximum absolute atomic E-state index is 12.5. The van der Waals surface area contributed by atoms with Gasteiger partial charge in [0.1, 0.15) is 16.8 Å². The number of benzene rings is 1. The number of carbonyl (C=O) groups is 1. The maximum Gasteiger partial charge on any atom is 0.408 e. The van der Waals surface area contributed by atoms with Crippen molar-refractivity contribution in [3.8, 4) is 17.1 Å². The third-order valence-corrected chi connectivity index (χ3v) is 6.31. The van der Waals surface area contributed by atoms with Crippen molar-refractivity contribution in [2.24, 2.45) is 4.99 Å². The Bertz CT molecular complexity index is 1350. The lowest BCUT2D eigenvalue weighted by Gasteiger charge is -2.43. The molecule has 1 aliphatic carbocycles. The van der Waals surface area contributed by atoms with Crippen LogP contribution in [0.3, 0.4) is 0 Å². The van der Waals surface area contributed by atoms with Gasteiger partial charge in [0.25, 0.3) is 0 Å². The second kappa shape index (κ2) is 8.27. The maximum atomic E-state index is 12.5. The van der Waals surface area contributed by atoms with Crippen molar-refractivity contribution in [3.05, 3.63) is 59.0 Å². The molecule has 0 atom stereocenters. The van der Waals surface area contributed by atoms with Gasteiger partial charge in [0.2, 0.25) is 0 Å². The van der Waals surface area contributed by atoms with Crippen molar-refractivity contribution in [2.75, 3.05) is 12.3 Å². The highest BCUT2D eigenvalue weighted by Crippen LogP contribution is 2.41. The summed E-state index contributed by atoms with van der Waals surface area (Å²) >= 11 is 0. The molecule has 0 spiro atoms. The van der Waals surface area contributed by atoms with Crippen molar-refractivity contribution < 1.29 is 9.53 Å². The molecule has 3 aromatic rings. The lowest BCUT2D eigenvalue weighted by molar-refractivity contribution is 0.0377. The normalized spacial score (nSPS) is 16.4. The highest BCUT2D eigenvalue weighted by molar-refractivity contribution is 5.71. The van der Waals surface area contributed by atoms with Crippen LogP contribution in [-0.4, -0.2) is 32.8 Å². The number of anilines is 1. The van der Waals surface area contributed by atoms with Crippen LogP contribution in [-0.2, 0) is 10.3 Å². The van der Waals surface area contributed by atoms with Gasteiger partial charge < -0.3 is 15.8 Å². The fourth-order valence-corrected chi connectivity index (χ4v) is 4.57. The van der Waals surface area contributed by atoms with Gasteiger partial charge in [-0.1, -0.05) is 18.2 Å². The molecule has 0 radical (unpaired) electrons. The lowest BCUT2D eigenvalue weighted by atomic mass is 9.72. The standard InChI is InChI=1S/C26H30N6O2/c1-25(2,3)34-24(33)31-26(13-6-14-26)17-9-11-18(12-10-17)32-22(19-7-4-15-28-21(19)27)30-20-8-5-16-29-23(20)32/h4,7-12,15H,5-6,13-14,16H2,1-3H3,(H2,27,28)(H,31,33). The van der Waals surface area contributed by atoms with Crippen molar-refractivity contribution >= 4 is 18.0 Å². The van der Waals surface area contributed by atoms with E-state index in [1.807, 2.05) is 49.6 Å². The summed E-state index contributed by atoms with van der Waals surface area (Å²) in [6, 6.07) is 12.0. The average molecular weight is 459 g/mol. The van der Waals surface area contributed by atoms with E-state index in [0.717, 1.165) is 65.7 Å². The monoisotopic (exact) mass is 458 g/mol. The van der Waals surface area contributed by atoms with E-state index in [4.69, 9.17) is 20.4 Å². The molecule has 8 nitrogen and oxygen atoms in total. The van der Waals surface area contributed by atoms with E-state index >= 15 is 0 Å². The van der Waals surface area contributed by atoms with Gasteiger partial charge in [-0.05, 0) is 76.3 Å². The van der Waals surface area contributed by atoms with E-state index in [9.17, 15) is 4.79 Å². The van der Waals surface area contributed by atoms with Gasteiger partial charge in [0.15, 0.2) is 11.3 Å². The molecule has 5 rings (SSSR count). The second-order valence-corrected chi connectivity index (χ2v) is 9.90. The Morgan fingerprint density at radius 2 is 1.94 bits per heavy atom. The summed E-state index contributed by atoms with van der Waals surface area (Å²) in [6.07, 6.45) is 7.09. The number of aromatic nitrogens is 3. The second-order valence-electron chi connectivity index (χ2n) is 9.90. The van der Waals surface area contributed by atoms with E-state index in [2.05, 4.69) is 28.5 Å². The molecule has 0 bridgehead atoms. The zero-order valence-electron chi connectivity index (χ0n) is 19.8. The van der Waals surface area contributed by atoms with E-state index in [1.54, 1.807) is 6.20 Å². The summed E-state index contributed by atoms with van der Waals surface area (Å²) in [6.45, 7) is 6.34. The SMILES string of the molecule is CC(C)(C)OC(=O)NC1(c2ccc(-n3c(-c4cccnc4N)nc4c3=NCCC=4)cc2)CCC1. The molecule has 3 heterocycles. The van der Waals surface area contributed by atoms with Gasteiger partial charge in [-0.3, -0.25) is 9.56 Å². The highest BCUT2D eigenvalue weighted by atomic mass is 16.6. The van der Waals surface area contributed by atoms with Crippen LogP contribution in [0.15, 0.2) is 47.6 Å². The van der Waals surface area contributed by atoms with Gasteiger partial charge in [-0.2, -0.15) is 0 Å². The van der Waals surface area contributed by atoms with Gasteiger partial charge in [-0.15, -0.1) is 0 Å². The summed E-state index contributed by atoms with van der Waals surface area (Å²) in [7, 11) is 0.